The smallest absolute Gasteiger partial charge is 0.255 e. The van der Waals surface area contributed by atoms with Crippen LogP contribution >= 0.6 is 11.6 Å². The minimum absolute atomic E-state index is 0.0274. The summed E-state index contributed by atoms with van der Waals surface area (Å²) in [5.41, 5.74) is 1.87. The molecule has 3 rings (SSSR count). The van der Waals surface area contributed by atoms with Crippen LogP contribution in [-0.2, 0) is 14.8 Å². The molecule has 0 spiro atoms. The molecule has 1 aliphatic rings. The number of amides is 1. The van der Waals surface area contributed by atoms with Crippen molar-refractivity contribution in [3.05, 3.63) is 53.1 Å². The lowest BCUT2D eigenvalue weighted by Crippen LogP contribution is -2.40. The van der Waals surface area contributed by atoms with Gasteiger partial charge in [-0.1, -0.05) is 18.5 Å². The molecule has 0 saturated carbocycles. The van der Waals surface area contributed by atoms with E-state index in [1.165, 1.54) is 16.4 Å². The monoisotopic (exact) mass is 451 g/mol. The third-order valence-electron chi connectivity index (χ3n) is 4.91. The maximum absolute atomic E-state index is 12.9. The first-order valence-corrected chi connectivity index (χ1v) is 11.6. The molecular formula is C21H26ClN3O4S. The molecule has 1 saturated heterocycles. The van der Waals surface area contributed by atoms with Gasteiger partial charge < -0.3 is 15.0 Å². The summed E-state index contributed by atoms with van der Waals surface area (Å²) in [6.45, 7) is 4.27. The summed E-state index contributed by atoms with van der Waals surface area (Å²) in [4.78, 5) is 14.7. The summed E-state index contributed by atoms with van der Waals surface area (Å²) in [5, 5.41) is 2.87. The maximum atomic E-state index is 12.9. The number of rotatable bonds is 7. The van der Waals surface area contributed by atoms with Crippen LogP contribution in [0.5, 0.6) is 0 Å². The number of morpholine rings is 1. The van der Waals surface area contributed by atoms with Gasteiger partial charge in [0.05, 0.1) is 18.2 Å². The molecule has 2 aromatic rings. The molecule has 9 heteroatoms. The summed E-state index contributed by atoms with van der Waals surface area (Å²) in [7, 11) is -1.77. The van der Waals surface area contributed by atoms with E-state index in [9.17, 15) is 13.2 Å². The third-order valence-corrected chi connectivity index (χ3v) is 7.29. The van der Waals surface area contributed by atoms with E-state index in [1.54, 1.807) is 18.2 Å². The van der Waals surface area contributed by atoms with Gasteiger partial charge in [0.15, 0.2) is 0 Å². The van der Waals surface area contributed by atoms with Gasteiger partial charge in [-0.2, -0.15) is 4.31 Å². The third kappa shape index (κ3) is 5.13. The van der Waals surface area contributed by atoms with Gasteiger partial charge in [-0.3, -0.25) is 4.79 Å². The zero-order valence-electron chi connectivity index (χ0n) is 17.1. The second-order valence-corrected chi connectivity index (χ2v) is 9.40. The van der Waals surface area contributed by atoms with Crippen LogP contribution in [0.15, 0.2) is 47.4 Å². The van der Waals surface area contributed by atoms with Crippen molar-refractivity contribution in [2.45, 2.75) is 18.2 Å². The Kier molecular flexibility index (Phi) is 7.36. The molecule has 1 heterocycles. The van der Waals surface area contributed by atoms with Gasteiger partial charge in [-0.05, 0) is 48.9 Å². The Morgan fingerprint density at radius 1 is 1.17 bits per heavy atom. The van der Waals surface area contributed by atoms with Gasteiger partial charge in [0, 0.05) is 43.6 Å². The number of sulfonamides is 1. The quantitative estimate of drug-likeness (QED) is 0.697. The number of benzene rings is 2. The molecule has 1 aliphatic heterocycles. The van der Waals surface area contributed by atoms with Crippen LogP contribution in [0.25, 0.3) is 0 Å². The molecule has 0 atom stereocenters. The zero-order chi connectivity index (χ0) is 21.7. The number of nitrogens with one attached hydrogen (secondary N) is 1. The van der Waals surface area contributed by atoms with Crippen molar-refractivity contribution in [2.24, 2.45) is 0 Å². The minimum Gasteiger partial charge on any atom is -0.379 e. The van der Waals surface area contributed by atoms with Crippen LogP contribution in [0, 0.1) is 0 Å². The second-order valence-electron chi connectivity index (χ2n) is 7.08. The van der Waals surface area contributed by atoms with Crippen LogP contribution in [0.1, 0.15) is 23.7 Å². The van der Waals surface area contributed by atoms with E-state index in [2.05, 4.69) is 17.1 Å². The number of anilines is 2. The first kappa shape index (κ1) is 22.6. The molecule has 2 aromatic carbocycles. The van der Waals surface area contributed by atoms with Gasteiger partial charge in [0.25, 0.3) is 5.91 Å². The standard InChI is InChI=1S/C21H26ClN3O4S/c1-3-10-24(2)18-7-4-16(5-8-18)21(26)23-17-6-9-19(22)20(15-17)30(27,28)25-11-13-29-14-12-25/h4-9,15H,3,10-14H2,1-2H3,(H,23,26). The highest BCUT2D eigenvalue weighted by Crippen LogP contribution is 2.28. The first-order valence-electron chi connectivity index (χ1n) is 9.83. The van der Waals surface area contributed by atoms with Crippen LogP contribution in [0.2, 0.25) is 5.02 Å². The highest BCUT2D eigenvalue weighted by molar-refractivity contribution is 7.89. The molecule has 0 bridgehead atoms. The van der Waals surface area contributed by atoms with E-state index in [-0.39, 0.29) is 28.9 Å². The van der Waals surface area contributed by atoms with Crippen molar-refractivity contribution in [3.8, 4) is 0 Å². The highest BCUT2D eigenvalue weighted by Gasteiger charge is 2.28. The van der Waals surface area contributed by atoms with E-state index in [0.29, 0.717) is 24.5 Å². The van der Waals surface area contributed by atoms with Crippen molar-refractivity contribution >= 4 is 38.9 Å². The van der Waals surface area contributed by atoms with Crippen LogP contribution < -0.4 is 10.2 Å². The Labute approximate surface area is 182 Å². The topological polar surface area (TPSA) is 79.0 Å². The van der Waals surface area contributed by atoms with E-state index in [1.807, 2.05) is 19.2 Å². The number of hydrogen-bond donors (Lipinski definition) is 1. The van der Waals surface area contributed by atoms with E-state index >= 15 is 0 Å². The molecule has 1 amide bonds. The Morgan fingerprint density at radius 2 is 1.83 bits per heavy atom. The van der Waals surface area contributed by atoms with Crippen molar-refractivity contribution < 1.29 is 17.9 Å². The fourth-order valence-corrected chi connectivity index (χ4v) is 5.15. The van der Waals surface area contributed by atoms with Crippen molar-refractivity contribution in [1.29, 1.82) is 0 Å². The summed E-state index contributed by atoms with van der Waals surface area (Å²) in [6.07, 6.45) is 1.03. The Balaban J connectivity index is 1.77. The molecule has 1 N–H and O–H groups in total. The molecule has 30 heavy (non-hydrogen) atoms. The lowest BCUT2D eigenvalue weighted by atomic mass is 10.1. The van der Waals surface area contributed by atoms with Crippen LogP contribution in [0.3, 0.4) is 0 Å². The van der Waals surface area contributed by atoms with Crippen molar-refractivity contribution in [3.63, 3.8) is 0 Å². The van der Waals surface area contributed by atoms with Crippen molar-refractivity contribution in [1.82, 2.24) is 4.31 Å². The first-order chi connectivity index (χ1) is 14.3. The maximum Gasteiger partial charge on any atom is 0.255 e. The van der Waals surface area contributed by atoms with Gasteiger partial charge >= 0.3 is 0 Å². The molecule has 7 nitrogen and oxygen atoms in total. The van der Waals surface area contributed by atoms with Gasteiger partial charge in [0.1, 0.15) is 4.90 Å². The van der Waals surface area contributed by atoms with Gasteiger partial charge in [-0.15, -0.1) is 0 Å². The number of hydrogen-bond acceptors (Lipinski definition) is 5. The predicted octanol–water partition coefficient (Wildman–Crippen LogP) is 3.46. The molecule has 0 unspecified atom stereocenters. The Hall–Kier alpha value is -2.13. The predicted molar refractivity (Wildman–Crippen MR) is 119 cm³/mol. The fourth-order valence-electron chi connectivity index (χ4n) is 3.24. The molecule has 1 fully saturated rings. The van der Waals surface area contributed by atoms with E-state index in [0.717, 1.165) is 18.7 Å². The minimum atomic E-state index is -3.77. The average molecular weight is 452 g/mol. The lowest BCUT2D eigenvalue weighted by Gasteiger charge is -2.26. The van der Waals surface area contributed by atoms with Crippen LogP contribution in [-0.4, -0.2) is 58.5 Å². The highest BCUT2D eigenvalue weighted by atomic mass is 35.5. The van der Waals surface area contributed by atoms with E-state index in [4.69, 9.17) is 16.3 Å². The van der Waals surface area contributed by atoms with Gasteiger partial charge in [-0.25, -0.2) is 8.42 Å². The number of carbonyl (C=O) groups excluding carboxylic acids is 1. The number of halogens is 1. The largest absolute Gasteiger partial charge is 0.379 e. The summed E-state index contributed by atoms with van der Waals surface area (Å²) < 4.78 is 32.4. The average Bonchev–Trinajstić information content (AvgIpc) is 2.76. The second kappa shape index (κ2) is 9.78. The zero-order valence-corrected chi connectivity index (χ0v) is 18.7. The van der Waals surface area contributed by atoms with Gasteiger partial charge in [0.2, 0.25) is 10.0 Å². The van der Waals surface area contributed by atoms with Crippen molar-refractivity contribution in [2.75, 3.05) is 50.1 Å². The Bertz CT molecular complexity index is 990. The SMILES string of the molecule is CCCN(C)c1ccc(C(=O)Nc2ccc(Cl)c(S(=O)(=O)N3CCOCC3)c2)cc1. The molecule has 162 valence electrons. The number of nitrogens with zero attached hydrogens (tertiary/aromatic N) is 2. The Morgan fingerprint density at radius 3 is 2.47 bits per heavy atom. The normalized spacial score (nSPS) is 15.0. The fraction of sp³-hybridized carbons (Fsp3) is 0.381. The summed E-state index contributed by atoms with van der Waals surface area (Å²) >= 11 is 6.17. The van der Waals surface area contributed by atoms with Crippen LogP contribution in [0.4, 0.5) is 11.4 Å². The molecule has 0 aromatic heterocycles. The molecular weight excluding hydrogens is 426 g/mol. The summed E-state index contributed by atoms with van der Waals surface area (Å²) in [5.74, 6) is -0.322. The summed E-state index contributed by atoms with van der Waals surface area (Å²) in [6, 6.07) is 11.7. The molecule has 0 aliphatic carbocycles. The number of ether oxygens (including phenoxy) is 1. The lowest BCUT2D eigenvalue weighted by molar-refractivity contribution is 0.0730. The molecule has 0 radical (unpaired) electrons. The number of carbonyl (C=O) groups is 1. The van der Waals surface area contributed by atoms with E-state index < -0.39 is 10.0 Å².